The number of carbonyl (C=O) groups is 2. The maximum Gasteiger partial charge on any atom is 0.261 e. The molecule has 1 aromatic heterocycles. The molecule has 1 unspecified atom stereocenters. The number of amides is 2. The van der Waals surface area contributed by atoms with Gasteiger partial charge < -0.3 is 10.6 Å². The van der Waals surface area contributed by atoms with E-state index in [-0.39, 0.29) is 23.8 Å². The van der Waals surface area contributed by atoms with Gasteiger partial charge in [-0.05, 0) is 55.0 Å². The van der Waals surface area contributed by atoms with Gasteiger partial charge in [0.05, 0.1) is 10.9 Å². The first kappa shape index (κ1) is 16.8. The fraction of sp³-hybridized carbons (Fsp3) is 0.238. The third-order valence-electron chi connectivity index (χ3n) is 4.62. The van der Waals surface area contributed by atoms with Crippen LogP contribution in [0.4, 0.5) is 5.69 Å². The summed E-state index contributed by atoms with van der Waals surface area (Å²) < 4.78 is 1.11. The van der Waals surface area contributed by atoms with Crippen molar-refractivity contribution in [2.75, 3.05) is 5.32 Å². The van der Waals surface area contributed by atoms with Gasteiger partial charge in [0.2, 0.25) is 5.91 Å². The molecule has 5 heteroatoms. The van der Waals surface area contributed by atoms with Gasteiger partial charge in [-0.2, -0.15) is 0 Å². The highest BCUT2D eigenvalue weighted by molar-refractivity contribution is 7.20. The lowest BCUT2D eigenvalue weighted by Gasteiger charge is -2.14. The normalized spacial score (nSPS) is 14.8. The molecule has 132 valence electrons. The molecule has 0 saturated heterocycles. The molecule has 1 saturated carbocycles. The lowest BCUT2D eigenvalue weighted by atomic mass is 10.1. The Bertz CT molecular complexity index is 925. The van der Waals surface area contributed by atoms with E-state index in [9.17, 15) is 9.59 Å². The molecule has 3 aromatic rings. The van der Waals surface area contributed by atoms with E-state index in [1.165, 1.54) is 11.3 Å². The van der Waals surface area contributed by atoms with E-state index in [4.69, 9.17) is 0 Å². The Kier molecular flexibility index (Phi) is 4.47. The molecule has 1 fully saturated rings. The zero-order valence-corrected chi connectivity index (χ0v) is 15.3. The summed E-state index contributed by atoms with van der Waals surface area (Å²) in [6.07, 6.45) is 1.98. The molecule has 4 rings (SSSR count). The lowest BCUT2D eigenvalue weighted by Crippen LogP contribution is -2.25. The Hall–Kier alpha value is -2.66. The van der Waals surface area contributed by atoms with Crippen molar-refractivity contribution in [3.8, 4) is 0 Å². The van der Waals surface area contributed by atoms with Gasteiger partial charge in [-0.1, -0.05) is 30.3 Å². The summed E-state index contributed by atoms with van der Waals surface area (Å²) in [5.74, 6) is 0.225. The first-order valence-corrected chi connectivity index (χ1v) is 9.62. The van der Waals surface area contributed by atoms with Crippen molar-refractivity contribution < 1.29 is 9.59 Å². The van der Waals surface area contributed by atoms with Crippen LogP contribution in [0, 0.1) is 5.92 Å². The summed E-state index contributed by atoms with van der Waals surface area (Å²) in [5.41, 5.74) is 1.80. The monoisotopic (exact) mass is 364 g/mol. The molecule has 1 atom stereocenters. The predicted octanol–water partition coefficient (Wildman–Crippen LogP) is 4.74. The van der Waals surface area contributed by atoms with E-state index in [1.54, 1.807) is 0 Å². The van der Waals surface area contributed by atoms with Crippen LogP contribution in [0.2, 0.25) is 0 Å². The number of rotatable bonds is 5. The molecule has 26 heavy (non-hydrogen) atoms. The predicted molar refractivity (Wildman–Crippen MR) is 106 cm³/mol. The summed E-state index contributed by atoms with van der Waals surface area (Å²) in [5, 5.41) is 7.06. The number of thiophene rings is 1. The fourth-order valence-corrected chi connectivity index (χ4v) is 3.86. The quantitative estimate of drug-likeness (QED) is 0.687. The standard InChI is InChI=1S/C21H20N2O2S/c1-13(14-8-10-17(11-9-14)23-20(24)15-6-7-15)22-21(25)19-12-16-4-2-3-5-18(16)26-19/h2-5,8-13,15H,6-7H2,1H3,(H,22,25)(H,23,24). The average Bonchev–Trinajstić information content (AvgIpc) is 3.41. The number of benzene rings is 2. The number of nitrogens with one attached hydrogen (secondary N) is 2. The Morgan fingerprint density at radius 3 is 2.50 bits per heavy atom. The van der Waals surface area contributed by atoms with Gasteiger partial charge in [0.25, 0.3) is 5.91 Å². The van der Waals surface area contributed by atoms with Gasteiger partial charge in [-0.15, -0.1) is 11.3 Å². The van der Waals surface area contributed by atoms with Gasteiger partial charge >= 0.3 is 0 Å². The molecule has 0 radical (unpaired) electrons. The fourth-order valence-electron chi connectivity index (χ4n) is 2.89. The van der Waals surface area contributed by atoms with Crippen molar-refractivity contribution in [1.82, 2.24) is 5.32 Å². The van der Waals surface area contributed by atoms with Crippen molar-refractivity contribution in [1.29, 1.82) is 0 Å². The molecule has 0 spiro atoms. The van der Waals surface area contributed by atoms with Crippen LogP contribution in [0.25, 0.3) is 10.1 Å². The van der Waals surface area contributed by atoms with Crippen LogP contribution in [0.5, 0.6) is 0 Å². The third-order valence-corrected chi connectivity index (χ3v) is 5.74. The van der Waals surface area contributed by atoms with Gasteiger partial charge in [-0.25, -0.2) is 0 Å². The van der Waals surface area contributed by atoms with Gasteiger partial charge in [0.1, 0.15) is 0 Å². The smallest absolute Gasteiger partial charge is 0.261 e. The summed E-state index contributed by atoms with van der Waals surface area (Å²) >= 11 is 1.50. The van der Waals surface area contributed by atoms with Crippen LogP contribution in [0.3, 0.4) is 0 Å². The van der Waals surface area contributed by atoms with E-state index < -0.39 is 0 Å². The van der Waals surface area contributed by atoms with Crippen molar-refractivity contribution in [2.45, 2.75) is 25.8 Å². The highest BCUT2D eigenvalue weighted by Gasteiger charge is 2.29. The van der Waals surface area contributed by atoms with Gasteiger partial charge in [-0.3, -0.25) is 9.59 Å². The number of carbonyl (C=O) groups excluding carboxylic acids is 2. The molecule has 0 aliphatic heterocycles. The van der Waals surface area contributed by atoms with E-state index in [2.05, 4.69) is 10.6 Å². The molecule has 2 N–H and O–H groups in total. The summed E-state index contributed by atoms with van der Waals surface area (Å²) in [6, 6.07) is 17.5. The first-order valence-electron chi connectivity index (χ1n) is 8.80. The van der Waals surface area contributed by atoms with Crippen molar-refractivity contribution in [3.05, 3.63) is 65.0 Å². The van der Waals surface area contributed by atoms with E-state index in [0.29, 0.717) is 4.88 Å². The Labute approximate surface area is 156 Å². The minimum absolute atomic E-state index is 0.0650. The Balaban J connectivity index is 1.41. The maximum absolute atomic E-state index is 12.5. The van der Waals surface area contributed by atoms with Crippen LogP contribution in [-0.2, 0) is 4.79 Å². The zero-order chi connectivity index (χ0) is 18.1. The van der Waals surface area contributed by atoms with Crippen LogP contribution in [-0.4, -0.2) is 11.8 Å². The molecule has 1 aliphatic carbocycles. The highest BCUT2D eigenvalue weighted by atomic mass is 32.1. The highest BCUT2D eigenvalue weighted by Crippen LogP contribution is 2.30. The molecule has 2 aromatic carbocycles. The van der Waals surface area contributed by atoms with Crippen LogP contribution >= 0.6 is 11.3 Å². The topological polar surface area (TPSA) is 58.2 Å². The van der Waals surface area contributed by atoms with Crippen molar-refractivity contribution >= 4 is 38.9 Å². The van der Waals surface area contributed by atoms with E-state index in [1.807, 2.05) is 61.5 Å². The third kappa shape index (κ3) is 3.63. The number of fused-ring (bicyclic) bond motifs is 1. The Morgan fingerprint density at radius 1 is 1.08 bits per heavy atom. The second kappa shape index (κ2) is 6.92. The Morgan fingerprint density at radius 2 is 1.81 bits per heavy atom. The molecule has 1 heterocycles. The molecular formula is C21H20N2O2S. The number of anilines is 1. The van der Waals surface area contributed by atoms with Crippen LogP contribution in [0.1, 0.15) is 41.0 Å². The maximum atomic E-state index is 12.5. The SMILES string of the molecule is CC(NC(=O)c1cc2ccccc2s1)c1ccc(NC(=O)C2CC2)cc1. The minimum Gasteiger partial charge on any atom is -0.345 e. The zero-order valence-electron chi connectivity index (χ0n) is 14.5. The van der Waals surface area contributed by atoms with Crippen molar-refractivity contribution in [3.63, 3.8) is 0 Å². The molecule has 2 amide bonds. The van der Waals surface area contributed by atoms with Gasteiger partial charge in [0.15, 0.2) is 0 Å². The number of hydrogen-bond acceptors (Lipinski definition) is 3. The largest absolute Gasteiger partial charge is 0.345 e. The molecule has 1 aliphatic rings. The summed E-state index contributed by atoms with van der Waals surface area (Å²) in [4.78, 5) is 25.1. The molecular weight excluding hydrogens is 344 g/mol. The van der Waals surface area contributed by atoms with Gasteiger partial charge in [0, 0.05) is 16.3 Å². The molecule has 4 nitrogen and oxygen atoms in total. The molecule has 0 bridgehead atoms. The number of hydrogen-bond donors (Lipinski definition) is 2. The van der Waals surface area contributed by atoms with E-state index in [0.717, 1.165) is 34.2 Å². The second-order valence-corrected chi connectivity index (χ2v) is 7.81. The summed E-state index contributed by atoms with van der Waals surface area (Å²) in [6.45, 7) is 1.96. The second-order valence-electron chi connectivity index (χ2n) is 6.73. The lowest BCUT2D eigenvalue weighted by molar-refractivity contribution is -0.117. The van der Waals surface area contributed by atoms with Crippen LogP contribution < -0.4 is 10.6 Å². The minimum atomic E-state index is -0.110. The first-order chi connectivity index (χ1) is 12.6. The van der Waals surface area contributed by atoms with Crippen LogP contribution in [0.15, 0.2) is 54.6 Å². The summed E-state index contributed by atoms with van der Waals surface area (Å²) in [7, 11) is 0. The van der Waals surface area contributed by atoms with E-state index >= 15 is 0 Å². The average molecular weight is 364 g/mol. The van der Waals surface area contributed by atoms with Crippen molar-refractivity contribution in [2.24, 2.45) is 5.92 Å².